The summed E-state index contributed by atoms with van der Waals surface area (Å²) in [7, 11) is 0. The van der Waals surface area contributed by atoms with Crippen LogP contribution in [0.4, 0.5) is 11.6 Å². The molecule has 3 N–H and O–H groups in total. The van der Waals surface area contributed by atoms with Gasteiger partial charge in [-0.3, -0.25) is 14.9 Å². The normalized spacial score (nSPS) is 16.2. The molecule has 0 unspecified atom stereocenters. The third-order valence-corrected chi connectivity index (χ3v) is 2.12. The highest BCUT2D eigenvalue weighted by atomic mass is 16.2. The topological polar surface area (TPSA) is 101 Å². The molecule has 0 radical (unpaired) electrons. The van der Waals surface area contributed by atoms with E-state index in [9.17, 15) is 9.59 Å². The molecule has 7 heteroatoms. The van der Waals surface area contributed by atoms with Gasteiger partial charge in [0, 0.05) is 6.07 Å². The zero-order valence-corrected chi connectivity index (χ0v) is 8.73. The van der Waals surface area contributed by atoms with Gasteiger partial charge in [-0.05, 0) is 6.92 Å². The third-order valence-electron chi connectivity index (χ3n) is 2.12. The second-order valence-corrected chi connectivity index (χ2v) is 3.53. The number of piperazine rings is 1. The number of hydrogen-bond acceptors (Lipinski definition) is 6. The third kappa shape index (κ3) is 2.08. The smallest absolute Gasteiger partial charge is 0.246 e. The number of nitrogens with two attached hydrogens (primary N) is 1. The van der Waals surface area contributed by atoms with Gasteiger partial charge < -0.3 is 10.6 Å². The number of nitrogens with one attached hydrogen (secondary N) is 1. The summed E-state index contributed by atoms with van der Waals surface area (Å²) in [6, 6.07) is 1.54. The molecular formula is C9H11N5O2. The summed E-state index contributed by atoms with van der Waals surface area (Å²) in [4.78, 5) is 32.0. The molecular weight excluding hydrogens is 210 g/mol. The maximum Gasteiger partial charge on any atom is 0.246 e. The molecule has 1 aromatic heterocycles. The Balaban J connectivity index is 2.29. The molecule has 1 aliphatic rings. The zero-order valence-electron chi connectivity index (χ0n) is 8.73. The molecule has 0 aliphatic carbocycles. The molecule has 84 valence electrons. The summed E-state index contributed by atoms with van der Waals surface area (Å²) >= 11 is 0. The zero-order chi connectivity index (χ0) is 11.7. The number of hydrogen-bond donors (Lipinski definition) is 2. The van der Waals surface area contributed by atoms with Gasteiger partial charge in [-0.2, -0.15) is 0 Å². The van der Waals surface area contributed by atoms with E-state index in [-0.39, 0.29) is 24.9 Å². The van der Waals surface area contributed by atoms with E-state index in [1.807, 2.05) is 0 Å². The van der Waals surface area contributed by atoms with Crippen molar-refractivity contribution in [2.24, 2.45) is 0 Å². The van der Waals surface area contributed by atoms with E-state index in [2.05, 4.69) is 15.3 Å². The molecule has 2 rings (SSSR count). The summed E-state index contributed by atoms with van der Waals surface area (Å²) in [6.07, 6.45) is 0. The number of carbonyl (C=O) groups is 2. The SMILES string of the molecule is Cc1nc(N)cc(N2CC(=O)NC(=O)C2)n1. The lowest BCUT2D eigenvalue weighted by atomic mass is 10.3. The number of aryl methyl sites for hydroxylation is 1. The maximum absolute atomic E-state index is 11.2. The fourth-order valence-electron chi connectivity index (χ4n) is 1.54. The molecule has 1 fully saturated rings. The van der Waals surface area contributed by atoms with Crippen LogP contribution in [0.5, 0.6) is 0 Å². The largest absolute Gasteiger partial charge is 0.384 e. The van der Waals surface area contributed by atoms with Crippen LogP contribution in [0.3, 0.4) is 0 Å². The van der Waals surface area contributed by atoms with Crippen molar-refractivity contribution in [1.82, 2.24) is 15.3 Å². The van der Waals surface area contributed by atoms with Crippen molar-refractivity contribution in [2.45, 2.75) is 6.92 Å². The van der Waals surface area contributed by atoms with Gasteiger partial charge in [0.05, 0.1) is 13.1 Å². The van der Waals surface area contributed by atoms with Gasteiger partial charge in [0.2, 0.25) is 11.8 Å². The lowest BCUT2D eigenvalue weighted by molar-refractivity contribution is -0.130. The minimum Gasteiger partial charge on any atom is -0.384 e. The molecule has 7 nitrogen and oxygen atoms in total. The van der Waals surface area contributed by atoms with Crippen LogP contribution < -0.4 is 16.0 Å². The molecule has 1 saturated heterocycles. The first kappa shape index (κ1) is 10.3. The van der Waals surface area contributed by atoms with E-state index >= 15 is 0 Å². The Morgan fingerprint density at radius 3 is 2.50 bits per heavy atom. The lowest BCUT2D eigenvalue weighted by Gasteiger charge is -2.26. The van der Waals surface area contributed by atoms with E-state index in [1.165, 1.54) is 0 Å². The number of amides is 2. The van der Waals surface area contributed by atoms with Gasteiger partial charge in [-0.1, -0.05) is 0 Å². The van der Waals surface area contributed by atoms with Crippen LogP contribution in [0.15, 0.2) is 6.07 Å². The Morgan fingerprint density at radius 2 is 1.94 bits per heavy atom. The fourth-order valence-corrected chi connectivity index (χ4v) is 1.54. The minimum atomic E-state index is -0.342. The predicted octanol–water partition coefficient (Wildman–Crippen LogP) is -1.17. The van der Waals surface area contributed by atoms with Gasteiger partial charge in [0.1, 0.15) is 17.5 Å². The first-order chi connectivity index (χ1) is 7.54. The number of carbonyl (C=O) groups excluding carboxylic acids is 2. The standard InChI is InChI=1S/C9H11N5O2/c1-5-11-6(10)2-7(12-5)14-3-8(15)13-9(16)4-14/h2H,3-4H2,1H3,(H2,10,11,12)(H,13,15,16). The summed E-state index contributed by atoms with van der Waals surface area (Å²) < 4.78 is 0. The van der Waals surface area contributed by atoms with Gasteiger partial charge in [0.15, 0.2) is 0 Å². The first-order valence-corrected chi connectivity index (χ1v) is 4.73. The highest BCUT2D eigenvalue weighted by Crippen LogP contribution is 2.14. The molecule has 0 atom stereocenters. The number of anilines is 2. The Kier molecular flexibility index (Phi) is 2.43. The molecule has 2 amide bonds. The molecule has 1 aromatic rings. The van der Waals surface area contributed by atoms with Crippen LogP contribution in [-0.2, 0) is 9.59 Å². The van der Waals surface area contributed by atoms with Crippen LogP contribution in [0.2, 0.25) is 0 Å². The van der Waals surface area contributed by atoms with Crippen molar-refractivity contribution in [1.29, 1.82) is 0 Å². The highest BCUT2D eigenvalue weighted by molar-refractivity contribution is 6.02. The quantitative estimate of drug-likeness (QED) is 0.579. The van der Waals surface area contributed by atoms with Crippen molar-refractivity contribution < 1.29 is 9.59 Å². The summed E-state index contributed by atoms with van der Waals surface area (Å²) in [5.41, 5.74) is 5.57. The van der Waals surface area contributed by atoms with Crippen molar-refractivity contribution in [2.75, 3.05) is 23.7 Å². The second kappa shape index (κ2) is 3.76. The monoisotopic (exact) mass is 221 g/mol. The molecule has 0 spiro atoms. The Labute approximate surface area is 91.7 Å². The molecule has 0 saturated carbocycles. The van der Waals surface area contributed by atoms with Crippen LogP contribution in [-0.4, -0.2) is 34.9 Å². The van der Waals surface area contributed by atoms with E-state index < -0.39 is 0 Å². The summed E-state index contributed by atoms with van der Waals surface area (Å²) in [5, 5.41) is 2.21. The highest BCUT2D eigenvalue weighted by Gasteiger charge is 2.23. The average molecular weight is 221 g/mol. The van der Waals surface area contributed by atoms with Crippen molar-refractivity contribution >= 4 is 23.5 Å². The van der Waals surface area contributed by atoms with Gasteiger partial charge in [-0.15, -0.1) is 0 Å². The molecule has 16 heavy (non-hydrogen) atoms. The van der Waals surface area contributed by atoms with Crippen molar-refractivity contribution in [3.63, 3.8) is 0 Å². The van der Waals surface area contributed by atoms with E-state index in [4.69, 9.17) is 5.73 Å². The second-order valence-electron chi connectivity index (χ2n) is 3.53. The Morgan fingerprint density at radius 1 is 1.31 bits per heavy atom. The Hall–Kier alpha value is -2.18. The minimum absolute atomic E-state index is 0.0988. The Bertz CT molecular complexity index is 423. The number of aromatic nitrogens is 2. The molecule has 2 heterocycles. The number of imide groups is 1. The van der Waals surface area contributed by atoms with Crippen molar-refractivity contribution in [3.8, 4) is 0 Å². The molecule has 0 aromatic carbocycles. The maximum atomic E-state index is 11.2. The number of rotatable bonds is 1. The van der Waals surface area contributed by atoms with Crippen molar-refractivity contribution in [3.05, 3.63) is 11.9 Å². The van der Waals surface area contributed by atoms with E-state index in [0.717, 1.165) is 0 Å². The van der Waals surface area contributed by atoms with Crippen LogP contribution in [0.1, 0.15) is 5.82 Å². The fraction of sp³-hybridized carbons (Fsp3) is 0.333. The predicted molar refractivity (Wildman–Crippen MR) is 56.5 cm³/mol. The number of nitrogen functional groups attached to an aromatic ring is 1. The summed E-state index contributed by atoms with van der Waals surface area (Å²) in [5.74, 6) is 0.639. The number of nitrogens with zero attached hydrogens (tertiary/aromatic N) is 3. The van der Waals surface area contributed by atoms with Gasteiger partial charge in [-0.25, -0.2) is 9.97 Å². The van der Waals surface area contributed by atoms with Gasteiger partial charge >= 0.3 is 0 Å². The van der Waals surface area contributed by atoms with E-state index in [1.54, 1.807) is 17.9 Å². The summed E-state index contributed by atoms with van der Waals surface area (Å²) in [6.45, 7) is 1.90. The molecule has 0 bridgehead atoms. The lowest BCUT2D eigenvalue weighted by Crippen LogP contribution is -2.51. The average Bonchev–Trinajstić information content (AvgIpc) is 2.14. The van der Waals surface area contributed by atoms with Gasteiger partial charge in [0.25, 0.3) is 0 Å². The molecule has 1 aliphatic heterocycles. The van der Waals surface area contributed by atoms with Crippen LogP contribution >= 0.6 is 0 Å². The van der Waals surface area contributed by atoms with Crippen LogP contribution in [0.25, 0.3) is 0 Å². The van der Waals surface area contributed by atoms with Crippen LogP contribution in [0, 0.1) is 6.92 Å². The first-order valence-electron chi connectivity index (χ1n) is 4.73. The van der Waals surface area contributed by atoms with E-state index in [0.29, 0.717) is 17.5 Å².